The Balaban J connectivity index is 2.57. The fraction of sp³-hybridized carbons (Fsp3) is 0.500. The number of rotatable bonds is 3. The first-order valence-electron chi connectivity index (χ1n) is 5.60. The maximum atomic E-state index is 12.3. The summed E-state index contributed by atoms with van der Waals surface area (Å²) in [7, 11) is 0. The van der Waals surface area contributed by atoms with E-state index in [1.165, 1.54) is 4.88 Å². The first-order chi connectivity index (χ1) is 8.04. The van der Waals surface area contributed by atoms with Crippen molar-refractivity contribution in [3.05, 3.63) is 27.1 Å². The molecule has 92 valence electrons. The Hall–Kier alpha value is -0.810. The van der Waals surface area contributed by atoms with Gasteiger partial charge >= 0.3 is 0 Å². The second-order valence-electron chi connectivity index (χ2n) is 4.45. The van der Waals surface area contributed by atoms with Crippen molar-refractivity contribution < 1.29 is 0 Å². The summed E-state index contributed by atoms with van der Waals surface area (Å²) in [6.07, 6.45) is 1.65. The quantitative estimate of drug-likeness (QED) is 0.869. The lowest BCUT2D eigenvalue weighted by Gasteiger charge is -2.10. The molecule has 2 aromatic rings. The van der Waals surface area contributed by atoms with Gasteiger partial charge in [0.05, 0.1) is 11.7 Å². The minimum absolute atomic E-state index is 0.0745. The molecule has 0 aliphatic carbocycles. The zero-order valence-electron chi connectivity index (χ0n) is 10.2. The highest BCUT2D eigenvalue weighted by atomic mass is 32.1. The highest BCUT2D eigenvalue weighted by molar-refractivity contribution is 7.80. The minimum atomic E-state index is 0.0745. The molecule has 0 aliphatic rings. The number of aryl methyl sites for hydroxylation is 2. The fourth-order valence-corrected chi connectivity index (χ4v) is 2.90. The second kappa shape index (κ2) is 4.82. The number of thiol groups is 1. The van der Waals surface area contributed by atoms with E-state index >= 15 is 0 Å². The molecule has 0 spiro atoms. The van der Waals surface area contributed by atoms with Crippen LogP contribution in [0.15, 0.2) is 11.1 Å². The molecular formula is C12H16N2OS2. The van der Waals surface area contributed by atoms with Crippen LogP contribution in [0.1, 0.15) is 17.4 Å². The molecule has 3 nitrogen and oxygen atoms in total. The molecule has 2 rings (SSSR count). The average Bonchev–Trinajstić information content (AvgIpc) is 2.59. The van der Waals surface area contributed by atoms with Crippen LogP contribution in [0.2, 0.25) is 0 Å². The van der Waals surface area contributed by atoms with Crippen LogP contribution in [0.25, 0.3) is 10.2 Å². The van der Waals surface area contributed by atoms with Crippen molar-refractivity contribution in [2.75, 3.05) is 5.75 Å². The van der Waals surface area contributed by atoms with Gasteiger partial charge in [0.2, 0.25) is 0 Å². The molecule has 0 aromatic carbocycles. The van der Waals surface area contributed by atoms with Gasteiger partial charge in [0.15, 0.2) is 0 Å². The Kier molecular flexibility index (Phi) is 3.58. The number of hydrogen-bond acceptors (Lipinski definition) is 4. The number of aromatic nitrogens is 2. The lowest BCUT2D eigenvalue weighted by Crippen LogP contribution is -2.24. The van der Waals surface area contributed by atoms with Crippen LogP contribution >= 0.6 is 24.0 Å². The molecule has 0 radical (unpaired) electrons. The molecule has 0 N–H and O–H groups in total. The third-order valence-electron chi connectivity index (χ3n) is 2.98. The van der Waals surface area contributed by atoms with Crippen molar-refractivity contribution in [3.8, 4) is 0 Å². The van der Waals surface area contributed by atoms with Gasteiger partial charge in [0.25, 0.3) is 5.56 Å². The lowest BCUT2D eigenvalue weighted by atomic mass is 10.2. The number of nitrogens with zero attached hydrogens (tertiary/aromatic N) is 2. The molecule has 17 heavy (non-hydrogen) atoms. The molecular weight excluding hydrogens is 252 g/mol. The molecule has 0 saturated heterocycles. The van der Waals surface area contributed by atoms with Crippen molar-refractivity contribution >= 4 is 34.2 Å². The second-order valence-corrected chi connectivity index (χ2v) is 6.02. The summed E-state index contributed by atoms with van der Waals surface area (Å²) in [5, 5.41) is 0.779. The van der Waals surface area contributed by atoms with Gasteiger partial charge in [-0.1, -0.05) is 6.92 Å². The van der Waals surface area contributed by atoms with E-state index in [-0.39, 0.29) is 5.56 Å². The Morgan fingerprint density at radius 1 is 1.53 bits per heavy atom. The fourth-order valence-electron chi connectivity index (χ4n) is 1.79. The van der Waals surface area contributed by atoms with E-state index in [1.807, 2.05) is 13.8 Å². The number of thiophene rings is 1. The summed E-state index contributed by atoms with van der Waals surface area (Å²) in [5.41, 5.74) is 1.14. The van der Waals surface area contributed by atoms with E-state index < -0.39 is 0 Å². The van der Waals surface area contributed by atoms with Crippen LogP contribution in [0.5, 0.6) is 0 Å². The summed E-state index contributed by atoms with van der Waals surface area (Å²) < 4.78 is 1.70. The van der Waals surface area contributed by atoms with Gasteiger partial charge in [-0.2, -0.15) is 12.6 Å². The van der Waals surface area contributed by atoms with Crippen molar-refractivity contribution in [1.82, 2.24) is 9.55 Å². The molecule has 0 bridgehead atoms. The van der Waals surface area contributed by atoms with Crippen LogP contribution in [0.3, 0.4) is 0 Å². The lowest BCUT2D eigenvalue weighted by molar-refractivity contribution is 0.516. The van der Waals surface area contributed by atoms with Gasteiger partial charge in [-0.15, -0.1) is 11.3 Å². The van der Waals surface area contributed by atoms with Gasteiger partial charge in [0.1, 0.15) is 4.83 Å². The maximum absolute atomic E-state index is 12.3. The molecule has 1 atom stereocenters. The third-order valence-corrected chi connectivity index (χ3v) is 4.71. The third kappa shape index (κ3) is 2.26. The van der Waals surface area contributed by atoms with Crippen molar-refractivity contribution in [2.45, 2.75) is 27.3 Å². The Morgan fingerprint density at radius 3 is 2.88 bits per heavy atom. The summed E-state index contributed by atoms with van der Waals surface area (Å²) >= 11 is 5.83. The van der Waals surface area contributed by atoms with E-state index in [1.54, 1.807) is 22.2 Å². The van der Waals surface area contributed by atoms with Crippen LogP contribution in [0, 0.1) is 19.8 Å². The molecule has 0 saturated carbocycles. The molecule has 0 fully saturated rings. The first kappa shape index (κ1) is 12.6. The van der Waals surface area contributed by atoms with E-state index in [2.05, 4.69) is 24.5 Å². The Labute approximate surface area is 110 Å². The Bertz CT molecular complexity index is 600. The highest BCUT2D eigenvalue weighted by Gasteiger charge is 2.12. The predicted molar refractivity (Wildman–Crippen MR) is 76.4 cm³/mol. The van der Waals surface area contributed by atoms with Gasteiger partial charge in [-0.3, -0.25) is 9.36 Å². The highest BCUT2D eigenvalue weighted by Crippen LogP contribution is 2.25. The maximum Gasteiger partial charge on any atom is 0.262 e. The van der Waals surface area contributed by atoms with E-state index in [0.29, 0.717) is 12.5 Å². The average molecular weight is 268 g/mol. The normalized spacial score (nSPS) is 13.2. The van der Waals surface area contributed by atoms with Crippen LogP contribution < -0.4 is 5.56 Å². The molecule has 5 heteroatoms. The van der Waals surface area contributed by atoms with Crippen molar-refractivity contribution in [1.29, 1.82) is 0 Å². The summed E-state index contributed by atoms with van der Waals surface area (Å²) in [5.74, 6) is 1.14. The standard InChI is InChI=1S/C12H16N2OS2/c1-7(5-16)4-14-6-13-11-10(12(14)15)8(2)9(3)17-11/h6-7,16H,4-5H2,1-3H3. The van der Waals surface area contributed by atoms with Crippen LogP contribution in [-0.4, -0.2) is 15.3 Å². The van der Waals surface area contributed by atoms with Crippen LogP contribution in [0.4, 0.5) is 0 Å². The number of fused-ring (bicyclic) bond motifs is 1. The van der Waals surface area contributed by atoms with E-state index in [0.717, 1.165) is 21.5 Å². The first-order valence-corrected chi connectivity index (χ1v) is 7.05. The zero-order valence-corrected chi connectivity index (χ0v) is 11.9. The smallest absolute Gasteiger partial charge is 0.262 e. The monoisotopic (exact) mass is 268 g/mol. The van der Waals surface area contributed by atoms with Crippen molar-refractivity contribution in [3.63, 3.8) is 0 Å². The predicted octanol–water partition coefficient (Wildman–Crippen LogP) is 2.64. The summed E-state index contributed by atoms with van der Waals surface area (Å²) in [6.45, 7) is 6.78. The van der Waals surface area contributed by atoms with Crippen LogP contribution in [-0.2, 0) is 6.54 Å². The topological polar surface area (TPSA) is 34.9 Å². The van der Waals surface area contributed by atoms with E-state index in [4.69, 9.17) is 0 Å². The van der Waals surface area contributed by atoms with Gasteiger partial charge in [-0.05, 0) is 31.1 Å². The SMILES string of the molecule is Cc1sc2ncn(CC(C)CS)c(=O)c2c1C. The summed E-state index contributed by atoms with van der Waals surface area (Å²) in [4.78, 5) is 18.7. The number of hydrogen-bond donors (Lipinski definition) is 1. The van der Waals surface area contributed by atoms with Gasteiger partial charge in [-0.25, -0.2) is 4.98 Å². The molecule has 0 amide bonds. The van der Waals surface area contributed by atoms with Crippen molar-refractivity contribution in [2.24, 2.45) is 5.92 Å². The summed E-state index contributed by atoms with van der Waals surface area (Å²) in [6, 6.07) is 0. The Morgan fingerprint density at radius 2 is 2.24 bits per heavy atom. The largest absolute Gasteiger partial charge is 0.298 e. The van der Waals surface area contributed by atoms with Gasteiger partial charge in [0, 0.05) is 11.4 Å². The molecule has 1 unspecified atom stereocenters. The molecule has 0 aliphatic heterocycles. The van der Waals surface area contributed by atoms with Gasteiger partial charge < -0.3 is 0 Å². The molecule has 2 heterocycles. The zero-order chi connectivity index (χ0) is 12.6. The molecule has 2 aromatic heterocycles. The minimum Gasteiger partial charge on any atom is -0.298 e. The van der Waals surface area contributed by atoms with E-state index in [9.17, 15) is 4.79 Å².